The lowest BCUT2D eigenvalue weighted by molar-refractivity contribution is 0.0935. The van der Waals surface area contributed by atoms with Gasteiger partial charge in [-0.1, -0.05) is 36.4 Å². The molecule has 0 spiro atoms. The Bertz CT molecular complexity index is 1160. The molecule has 7 nitrogen and oxygen atoms in total. The summed E-state index contributed by atoms with van der Waals surface area (Å²) >= 11 is 0. The number of carbonyl (C=O) groups is 1. The number of H-pyrrole nitrogens is 1. The van der Waals surface area contributed by atoms with E-state index < -0.39 is 0 Å². The van der Waals surface area contributed by atoms with Crippen molar-refractivity contribution in [1.29, 1.82) is 0 Å². The van der Waals surface area contributed by atoms with Gasteiger partial charge in [0.25, 0.3) is 11.5 Å². The topological polar surface area (TPSA) is 92.7 Å². The summed E-state index contributed by atoms with van der Waals surface area (Å²) in [5.41, 5.74) is 3.52. The van der Waals surface area contributed by atoms with E-state index in [9.17, 15) is 9.59 Å². The third kappa shape index (κ3) is 3.35. The van der Waals surface area contributed by atoms with Gasteiger partial charge in [0.05, 0.1) is 23.4 Å². The molecule has 1 amide bonds. The second kappa shape index (κ2) is 6.87. The summed E-state index contributed by atoms with van der Waals surface area (Å²) in [6, 6.07) is 17.9. The van der Waals surface area contributed by atoms with Crippen LogP contribution in [0.2, 0.25) is 0 Å². The third-order valence-electron chi connectivity index (χ3n) is 4.38. The van der Waals surface area contributed by atoms with E-state index in [-0.39, 0.29) is 23.2 Å². The summed E-state index contributed by atoms with van der Waals surface area (Å²) in [6.45, 7) is 0. The molecule has 0 aliphatic carbocycles. The van der Waals surface area contributed by atoms with Crippen molar-refractivity contribution in [2.45, 2.75) is 6.04 Å². The summed E-state index contributed by atoms with van der Waals surface area (Å²) in [7, 11) is 1.51. The molecule has 2 aromatic carbocycles. The second-order valence-electron chi connectivity index (χ2n) is 6.18. The van der Waals surface area contributed by atoms with Crippen molar-refractivity contribution >= 4 is 16.9 Å². The first-order valence-electron chi connectivity index (χ1n) is 8.45. The van der Waals surface area contributed by atoms with Crippen LogP contribution in [0.25, 0.3) is 11.0 Å². The molecule has 0 bridgehead atoms. The fraction of sp³-hybridized carbons (Fsp3) is 0.100. The summed E-state index contributed by atoms with van der Waals surface area (Å²) in [6.07, 6.45) is 1.64. The maximum absolute atomic E-state index is 12.8. The summed E-state index contributed by atoms with van der Waals surface area (Å²) in [4.78, 5) is 31.6. The molecular weight excluding hydrogens is 342 g/mol. The number of aromatic amines is 1. The van der Waals surface area contributed by atoms with Gasteiger partial charge in [-0.25, -0.2) is 9.67 Å². The Labute approximate surface area is 154 Å². The fourth-order valence-corrected chi connectivity index (χ4v) is 2.97. The normalized spacial score (nSPS) is 12.0. The molecule has 134 valence electrons. The van der Waals surface area contributed by atoms with Crippen molar-refractivity contribution in [1.82, 2.24) is 25.1 Å². The Morgan fingerprint density at radius 1 is 1.07 bits per heavy atom. The molecule has 0 aliphatic heterocycles. The summed E-state index contributed by atoms with van der Waals surface area (Å²) < 4.78 is 1.14. The number of hydrogen-bond donors (Lipinski definition) is 2. The third-order valence-corrected chi connectivity index (χ3v) is 4.38. The summed E-state index contributed by atoms with van der Waals surface area (Å²) in [5, 5.41) is 7.05. The van der Waals surface area contributed by atoms with Crippen LogP contribution >= 0.6 is 0 Å². The van der Waals surface area contributed by atoms with Gasteiger partial charge in [0.2, 0.25) is 0 Å². The maximum atomic E-state index is 12.8. The number of aryl methyl sites for hydroxylation is 1. The lowest BCUT2D eigenvalue weighted by Crippen LogP contribution is -2.32. The van der Waals surface area contributed by atoms with Crippen LogP contribution in [0, 0.1) is 0 Å². The van der Waals surface area contributed by atoms with Gasteiger partial charge in [0.1, 0.15) is 5.69 Å². The van der Waals surface area contributed by atoms with Crippen molar-refractivity contribution in [3.63, 3.8) is 0 Å². The predicted molar refractivity (Wildman–Crippen MR) is 101 cm³/mol. The molecule has 2 aromatic heterocycles. The van der Waals surface area contributed by atoms with Gasteiger partial charge < -0.3 is 10.3 Å². The number of benzene rings is 2. The minimum Gasteiger partial charge on any atom is -0.345 e. The van der Waals surface area contributed by atoms with E-state index in [1.165, 1.54) is 19.2 Å². The molecule has 4 aromatic rings. The van der Waals surface area contributed by atoms with Gasteiger partial charge in [-0.05, 0) is 29.3 Å². The highest BCUT2D eigenvalue weighted by Crippen LogP contribution is 2.24. The van der Waals surface area contributed by atoms with Crippen molar-refractivity contribution < 1.29 is 4.79 Å². The van der Waals surface area contributed by atoms with Gasteiger partial charge >= 0.3 is 0 Å². The Morgan fingerprint density at radius 3 is 2.67 bits per heavy atom. The second-order valence-corrected chi connectivity index (χ2v) is 6.18. The molecule has 2 heterocycles. The molecule has 0 aliphatic rings. The lowest BCUT2D eigenvalue weighted by Gasteiger charge is -2.20. The average Bonchev–Trinajstić information content (AvgIpc) is 3.16. The maximum Gasteiger partial charge on any atom is 0.272 e. The van der Waals surface area contributed by atoms with Crippen molar-refractivity contribution in [2.75, 3.05) is 0 Å². The van der Waals surface area contributed by atoms with E-state index in [1.54, 1.807) is 6.33 Å². The molecular formula is C20H17N5O2. The first kappa shape index (κ1) is 16.7. The van der Waals surface area contributed by atoms with E-state index in [1.807, 2.05) is 48.5 Å². The van der Waals surface area contributed by atoms with E-state index in [4.69, 9.17) is 0 Å². The number of aromatic nitrogens is 4. The van der Waals surface area contributed by atoms with Crippen LogP contribution in [0.4, 0.5) is 0 Å². The molecule has 1 unspecified atom stereocenters. The van der Waals surface area contributed by atoms with Gasteiger partial charge in [0.15, 0.2) is 0 Å². The Morgan fingerprint density at radius 2 is 1.89 bits per heavy atom. The minimum absolute atomic E-state index is 0.181. The molecule has 27 heavy (non-hydrogen) atoms. The van der Waals surface area contributed by atoms with Crippen molar-refractivity contribution in [3.05, 3.63) is 94.2 Å². The summed E-state index contributed by atoms with van der Waals surface area (Å²) in [5.74, 6) is -0.357. The standard InChI is InChI=1S/C20H17N5O2/c1-25-18(26)10-9-16(24-25)20(27)23-19(13-5-3-2-4-6-13)14-7-8-15-17(11-14)22-12-21-15/h2-12,19H,1H3,(H,21,22)(H,23,27). The number of rotatable bonds is 4. The van der Waals surface area contributed by atoms with Gasteiger partial charge in [0, 0.05) is 13.1 Å². The Kier molecular flexibility index (Phi) is 4.25. The molecule has 0 saturated carbocycles. The van der Waals surface area contributed by atoms with E-state index in [0.717, 1.165) is 26.8 Å². The number of fused-ring (bicyclic) bond motifs is 1. The highest BCUT2D eigenvalue weighted by Gasteiger charge is 2.19. The van der Waals surface area contributed by atoms with Crippen LogP contribution in [0.5, 0.6) is 0 Å². The molecule has 2 N–H and O–H groups in total. The molecule has 1 atom stereocenters. The zero-order chi connectivity index (χ0) is 18.8. The molecule has 0 fully saturated rings. The number of nitrogens with one attached hydrogen (secondary N) is 2. The number of imidazole rings is 1. The zero-order valence-electron chi connectivity index (χ0n) is 14.6. The largest absolute Gasteiger partial charge is 0.345 e. The highest BCUT2D eigenvalue weighted by molar-refractivity contribution is 5.92. The Balaban J connectivity index is 1.72. The van der Waals surface area contributed by atoms with Crippen LogP contribution in [-0.4, -0.2) is 25.7 Å². The van der Waals surface area contributed by atoms with Crippen LogP contribution in [0.1, 0.15) is 27.7 Å². The Hall–Kier alpha value is -3.74. The fourth-order valence-electron chi connectivity index (χ4n) is 2.97. The molecule has 0 saturated heterocycles. The number of hydrogen-bond acceptors (Lipinski definition) is 4. The SMILES string of the molecule is Cn1nc(C(=O)NC(c2ccccc2)c2ccc3nc[nH]c3c2)ccc1=O. The number of amides is 1. The van der Waals surface area contributed by atoms with Crippen LogP contribution in [0.15, 0.2) is 71.8 Å². The van der Waals surface area contributed by atoms with Gasteiger partial charge in [-0.2, -0.15) is 5.10 Å². The predicted octanol–water partition coefficient (Wildman–Crippen LogP) is 2.18. The van der Waals surface area contributed by atoms with E-state index >= 15 is 0 Å². The van der Waals surface area contributed by atoms with Crippen LogP contribution < -0.4 is 10.9 Å². The first-order chi connectivity index (χ1) is 13.1. The molecule has 7 heteroatoms. The van der Waals surface area contributed by atoms with Crippen molar-refractivity contribution in [2.24, 2.45) is 7.05 Å². The lowest BCUT2D eigenvalue weighted by atomic mass is 9.98. The highest BCUT2D eigenvalue weighted by atomic mass is 16.2. The quantitative estimate of drug-likeness (QED) is 0.584. The number of nitrogens with zero attached hydrogens (tertiary/aromatic N) is 3. The zero-order valence-corrected chi connectivity index (χ0v) is 14.6. The molecule has 4 rings (SSSR count). The van der Waals surface area contributed by atoms with Crippen LogP contribution in [-0.2, 0) is 7.05 Å². The van der Waals surface area contributed by atoms with Gasteiger partial charge in [-0.15, -0.1) is 0 Å². The minimum atomic E-state index is -0.370. The monoisotopic (exact) mass is 359 g/mol. The average molecular weight is 359 g/mol. The smallest absolute Gasteiger partial charge is 0.272 e. The molecule has 0 radical (unpaired) electrons. The van der Waals surface area contributed by atoms with Crippen LogP contribution in [0.3, 0.4) is 0 Å². The van der Waals surface area contributed by atoms with E-state index in [0.29, 0.717) is 0 Å². The van der Waals surface area contributed by atoms with E-state index in [2.05, 4.69) is 20.4 Å². The number of carbonyl (C=O) groups excluding carboxylic acids is 1. The first-order valence-corrected chi connectivity index (χ1v) is 8.45. The van der Waals surface area contributed by atoms with Crippen molar-refractivity contribution in [3.8, 4) is 0 Å². The van der Waals surface area contributed by atoms with Gasteiger partial charge in [-0.3, -0.25) is 9.59 Å².